The maximum Gasteiger partial charge on any atom is 0.412 e. The lowest BCUT2D eigenvalue weighted by molar-refractivity contribution is 0.0636. The summed E-state index contributed by atoms with van der Waals surface area (Å²) in [6.45, 7) is 5.14. The van der Waals surface area contributed by atoms with Crippen LogP contribution in [0.3, 0.4) is 0 Å². The van der Waals surface area contributed by atoms with E-state index in [1.165, 1.54) is 6.20 Å². The SMILES string of the molecule is CC(C)(C)OC(=O)Nc1cncc(C#CCO)c1. The van der Waals surface area contributed by atoms with E-state index >= 15 is 0 Å². The Morgan fingerprint density at radius 2 is 2.22 bits per heavy atom. The second-order valence-electron chi connectivity index (χ2n) is 4.55. The fraction of sp³-hybridized carbons (Fsp3) is 0.385. The van der Waals surface area contributed by atoms with Crippen LogP contribution in [0.1, 0.15) is 26.3 Å². The number of amides is 1. The minimum Gasteiger partial charge on any atom is -0.444 e. The lowest BCUT2D eigenvalue weighted by atomic mass is 10.2. The van der Waals surface area contributed by atoms with Crippen LogP contribution in [0.25, 0.3) is 0 Å². The molecular formula is C13H16N2O3. The molecule has 96 valence electrons. The molecule has 1 amide bonds. The van der Waals surface area contributed by atoms with E-state index in [1.807, 2.05) is 0 Å². The third-order valence-electron chi connectivity index (χ3n) is 1.70. The van der Waals surface area contributed by atoms with Crippen LogP contribution in [-0.2, 0) is 4.74 Å². The van der Waals surface area contributed by atoms with E-state index in [-0.39, 0.29) is 6.61 Å². The van der Waals surface area contributed by atoms with Crippen LogP contribution in [0.15, 0.2) is 18.5 Å². The van der Waals surface area contributed by atoms with Gasteiger partial charge in [0.15, 0.2) is 0 Å². The number of carbonyl (C=O) groups is 1. The summed E-state index contributed by atoms with van der Waals surface area (Å²) in [5.74, 6) is 5.21. The molecule has 0 aliphatic heterocycles. The highest BCUT2D eigenvalue weighted by Gasteiger charge is 2.16. The number of anilines is 1. The zero-order chi connectivity index (χ0) is 13.6. The molecule has 18 heavy (non-hydrogen) atoms. The van der Waals surface area contributed by atoms with Crippen molar-refractivity contribution < 1.29 is 14.6 Å². The minimum atomic E-state index is -0.550. The standard InChI is InChI=1S/C13H16N2O3/c1-13(2,3)18-12(17)15-11-7-10(5-4-6-16)8-14-9-11/h7-9,16H,6H2,1-3H3,(H,15,17). The molecule has 1 heterocycles. The Bertz CT molecular complexity index is 481. The molecule has 1 rings (SSSR count). The lowest BCUT2D eigenvalue weighted by Crippen LogP contribution is -2.27. The Morgan fingerprint density at radius 3 is 2.83 bits per heavy atom. The highest BCUT2D eigenvalue weighted by molar-refractivity contribution is 5.84. The Morgan fingerprint density at radius 1 is 1.50 bits per heavy atom. The van der Waals surface area contributed by atoms with Crippen molar-refractivity contribution in [2.45, 2.75) is 26.4 Å². The number of ether oxygens (including phenoxy) is 1. The van der Waals surface area contributed by atoms with Gasteiger partial charge in [0.2, 0.25) is 0 Å². The largest absolute Gasteiger partial charge is 0.444 e. The first-order valence-electron chi connectivity index (χ1n) is 5.45. The second kappa shape index (κ2) is 6.03. The van der Waals surface area contributed by atoms with Crippen molar-refractivity contribution >= 4 is 11.8 Å². The first kappa shape index (κ1) is 14.0. The van der Waals surface area contributed by atoms with Crippen LogP contribution in [0, 0.1) is 11.8 Å². The summed E-state index contributed by atoms with van der Waals surface area (Å²) in [7, 11) is 0. The minimum absolute atomic E-state index is 0.219. The number of carbonyl (C=O) groups excluding carboxylic acids is 1. The fourth-order valence-corrected chi connectivity index (χ4v) is 1.14. The van der Waals surface area contributed by atoms with Gasteiger partial charge in [0, 0.05) is 11.8 Å². The highest BCUT2D eigenvalue weighted by Crippen LogP contribution is 2.11. The number of aromatic nitrogens is 1. The molecular weight excluding hydrogens is 232 g/mol. The van der Waals surface area contributed by atoms with E-state index in [0.29, 0.717) is 11.3 Å². The number of nitrogens with zero attached hydrogens (tertiary/aromatic N) is 1. The van der Waals surface area contributed by atoms with Crippen molar-refractivity contribution in [2.24, 2.45) is 0 Å². The summed E-state index contributed by atoms with van der Waals surface area (Å²) in [6, 6.07) is 1.65. The molecule has 0 aliphatic rings. The van der Waals surface area contributed by atoms with Crippen LogP contribution in [-0.4, -0.2) is 28.4 Å². The molecule has 0 saturated carbocycles. The lowest BCUT2D eigenvalue weighted by Gasteiger charge is -2.19. The van der Waals surface area contributed by atoms with Crippen molar-refractivity contribution in [2.75, 3.05) is 11.9 Å². The van der Waals surface area contributed by atoms with Gasteiger partial charge in [-0.2, -0.15) is 0 Å². The van der Waals surface area contributed by atoms with Crippen molar-refractivity contribution in [1.82, 2.24) is 4.98 Å². The molecule has 5 heteroatoms. The van der Waals surface area contributed by atoms with Gasteiger partial charge >= 0.3 is 6.09 Å². The molecule has 0 bridgehead atoms. The zero-order valence-corrected chi connectivity index (χ0v) is 10.7. The number of hydrogen-bond donors (Lipinski definition) is 2. The molecule has 0 fully saturated rings. The highest BCUT2D eigenvalue weighted by atomic mass is 16.6. The van der Waals surface area contributed by atoms with Gasteiger partial charge in [0.05, 0.1) is 11.9 Å². The van der Waals surface area contributed by atoms with Crippen molar-refractivity contribution in [3.8, 4) is 11.8 Å². The number of aliphatic hydroxyl groups excluding tert-OH is 1. The molecule has 0 aromatic carbocycles. The van der Waals surface area contributed by atoms with Crippen LogP contribution in [0.5, 0.6) is 0 Å². The van der Waals surface area contributed by atoms with Crippen LogP contribution >= 0.6 is 0 Å². The first-order valence-corrected chi connectivity index (χ1v) is 5.45. The smallest absolute Gasteiger partial charge is 0.412 e. The van der Waals surface area contributed by atoms with Crippen molar-refractivity contribution in [3.05, 3.63) is 24.0 Å². The zero-order valence-electron chi connectivity index (χ0n) is 10.7. The summed E-state index contributed by atoms with van der Waals surface area (Å²) < 4.78 is 5.11. The van der Waals surface area contributed by atoms with Crippen LogP contribution < -0.4 is 5.32 Å². The van der Waals surface area contributed by atoms with E-state index in [2.05, 4.69) is 22.1 Å². The average Bonchev–Trinajstić information content (AvgIpc) is 2.24. The van der Waals surface area contributed by atoms with Crippen LogP contribution in [0.2, 0.25) is 0 Å². The maximum absolute atomic E-state index is 11.5. The molecule has 0 atom stereocenters. The molecule has 0 aliphatic carbocycles. The van der Waals surface area contributed by atoms with Gasteiger partial charge in [-0.05, 0) is 26.8 Å². The van der Waals surface area contributed by atoms with E-state index in [4.69, 9.17) is 9.84 Å². The monoisotopic (exact) mass is 248 g/mol. The van der Waals surface area contributed by atoms with Gasteiger partial charge in [0.1, 0.15) is 12.2 Å². The van der Waals surface area contributed by atoms with Gasteiger partial charge in [-0.3, -0.25) is 10.3 Å². The molecule has 1 aromatic rings. The summed E-state index contributed by atoms with van der Waals surface area (Å²) in [4.78, 5) is 15.4. The third-order valence-corrected chi connectivity index (χ3v) is 1.70. The molecule has 5 nitrogen and oxygen atoms in total. The van der Waals surface area contributed by atoms with E-state index in [9.17, 15) is 4.79 Å². The predicted octanol–water partition coefficient (Wildman–Crippen LogP) is 1.77. The Kier molecular flexibility index (Phi) is 4.69. The van der Waals surface area contributed by atoms with Gasteiger partial charge in [-0.15, -0.1) is 0 Å². The summed E-state index contributed by atoms with van der Waals surface area (Å²) in [5.41, 5.74) is 0.554. The summed E-state index contributed by atoms with van der Waals surface area (Å²) in [6.07, 6.45) is 2.49. The normalized spacial score (nSPS) is 10.2. The van der Waals surface area contributed by atoms with Gasteiger partial charge in [-0.1, -0.05) is 11.8 Å². The predicted molar refractivity (Wildman–Crippen MR) is 68.1 cm³/mol. The van der Waals surface area contributed by atoms with Gasteiger partial charge in [0.25, 0.3) is 0 Å². The third kappa shape index (κ3) is 5.32. The topological polar surface area (TPSA) is 71.5 Å². The van der Waals surface area contributed by atoms with Crippen molar-refractivity contribution in [1.29, 1.82) is 0 Å². The maximum atomic E-state index is 11.5. The fourth-order valence-electron chi connectivity index (χ4n) is 1.14. The number of pyridine rings is 1. The Hall–Kier alpha value is -2.06. The first-order chi connectivity index (χ1) is 8.40. The quantitative estimate of drug-likeness (QED) is 0.743. The van der Waals surface area contributed by atoms with E-state index < -0.39 is 11.7 Å². The van der Waals surface area contributed by atoms with Gasteiger partial charge < -0.3 is 9.84 Å². The molecule has 0 spiro atoms. The molecule has 1 aromatic heterocycles. The average molecular weight is 248 g/mol. The molecule has 2 N–H and O–H groups in total. The molecule has 0 radical (unpaired) electrons. The molecule has 0 unspecified atom stereocenters. The van der Waals surface area contributed by atoms with Crippen molar-refractivity contribution in [3.63, 3.8) is 0 Å². The number of aliphatic hydroxyl groups is 1. The summed E-state index contributed by atoms with van der Waals surface area (Å²) >= 11 is 0. The number of nitrogens with one attached hydrogen (secondary N) is 1. The van der Waals surface area contributed by atoms with E-state index in [0.717, 1.165) is 0 Å². The van der Waals surface area contributed by atoms with Crippen LogP contribution in [0.4, 0.5) is 10.5 Å². The number of hydrogen-bond acceptors (Lipinski definition) is 4. The number of rotatable bonds is 1. The second-order valence-corrected chi connectivity index (χ2v) is 4.55. The summed E-state index contributed by atoms with van der Waals surface area (Å²) in [5, 5.41) is 11.1. The Labute approximate surface area is 106 Å². The molecule has 0 saturated heterocycles. The van der Waals surface area contributed by atoms with Gasteiger partial charge in [-0.25, -0.2) is 4.79 Å². The van der Waals surface area contributed by atoms with E-state index in [1.54, 1.807) is 33.0 Å². The Balaban J connectivity index is 2.70.